The van der Waals surface area contributed by atoms with Gasteiger partial charge in [0, 0.05) is 25.8 Å². The van der Waals surface area contributed by atoms with Gasteiger partial charge in [-0.1, -0.05) is 26.0 Å². The van der Waals surface area contributed by atoms with Gasteiger partial charge in [0.1, 0.15) is 5.69 Å². The van der Waals surface area contributed by atoms with Crippen molar-refractivity contribution in [1.29, 1.82) is 0 Å². The minimum atomic E-state index is -3.44. The van der Waals surface area contributed by atoms with Crippen LogP contribution in [-0.2, 0) is 16.6 Å². The Bertz CT molecular complexity index is 733. The van der Waals surface area contributed by atoms with Gasteiger partial charge in [-0.25, -0.2) is 8.42 Å². The number of amides is 1. The van der Waals surface area contributed by atoms with E-state index in [9.17, 15) is 13.2 Å². The second-order valence-electron chi connectivity index (χ2n) is 5.00. The van der Waals surface area contributed by atoms with Crippen molar-refractivity contribution in [3.05, 3.63) is 53.9 Å². The fraction of sp³-hybridized carbons (Fsp3) is 0.312. The summed E-state index contributed by atoms with van der Waals surface area (Å²) in [5.41, 5.74) is 1.33. The number of carbonyl (C=O) groups excluding carboxylic acids is 1. The van der Waals surface area contributed by atoms with Crippen LogP contribution < -0.4 is 5.32 Å². The highest BCUT2D eigenvalue weighted by Gasteiger charge is 2.21. The third kappa shape index (κ3) is 4.00. The van der Waals surface area contributed by atoms with E-state index in [-0.39, 0.29) is 10.8 Å². The molecule has 0 aliphatic heterocycles. The summed E-state index contributed by atoms with van der Waals surface area (Å²) >= 11 is 0. The molecule has 0 bridgehead atoms. The third-order valence-electron chi connectivity index (χ3n) is 3.56. The second-order valence-corrected chi connectivity index (χ2v) is 6.94. The van der Waals surface area contributed by atoms with Gasteiger partial charge >= 0.3 is 0 Å². The average molecular weight is 335 g/mol. The first-order valence-electron chi connectivity index (χ1n) is 7.49. The molecular weight excluding hydrogens is 314 g/mol. The number of carbonyl (C=O) groups is 1. The molecule has 1 heterocycles. The van der Waals surface area contributed by atoms with Crippen LogP contribution in [0.25, 0.3) is 0 Å². The molecule has 0 unspecified atom stereocenters. The number of hydrogen-bond donors (Lipinski definition) is 2. The lowest BCUT2D eigenvalue weighted by molar-refractivity contribution is 0.0946. The Kier molecular flexibility index (Phi) is 5.57. The van der Waals surface area contributed by atoms with E-state index < -0.39 is 10.0 Å². The summed E-state index contributed by atoms with van der Waals surface area (Å²) in [6.07, 6.45) is 1.68. The summed E-state index contributed by atoms with van der Waals surface area (Å²) in [4.78, 5) is 14.9. The Balaban J connectivity index is 2.04. The van der Waals surface area contributed by atoms with E-state index in [1.807, 2.05) is 13.8 Å². The number of benzene rings is 1. The van der Waals surface area contributed by atoms with Crippen molar-refractivity contribution < 1.29 is 13.2 Å². The Morgan fingerprint density at radius 2 is 1.78 bits per heavy atom. The van der Waals surface area contributed by atoms with Crippen LogP contribution in [0.3, 0.4) is 0 Å². The highest BCUT2D eigenvalue weighted by atomic mass is 32.2. The van der Waals surface area contributed by atoms with Crippen molar-refractivity contribution in [2.75, 3.05) is 13.1 Å². The molecule has 0 spiro atoms. The van der Waals surface area contributed by atoms with Gasteiger partial charge in [0.15, 0.2) is 0 Å². The molecule has 6 nitrogen and oxygen atoms in total. The number of nitrogens with zero attached hydrogens (tertiary/aromatic N) is 1. The van der Waals surface area contributed by atoms with Gasteiger partial charge in [-0.05, 0) is 29.8 Å². The predicted molar refractivity (Wildman–Crippen MR) is 88.5 cm³/mol. The molecule has 2 aromatic rings. The van der Waals surface area contributed by atoms with Gasteiger partial charge in [-0.15, -0.1) is 0 Å². The zero-order chi connectivity index (χ0) is 16.9. The van der Waals surface area contributed by atoms with Crippen LogP contribution in [-0.4, -0.2) is 36.7 Å². The molecule has 0 atom stereocenters. The fourth-order valence-electron chi connectivity index (χ4n) is 2.24. The van der Waals surface area contributed by atoms with Gasteiger partial charge in [-0.3, -0.25) is 4.79 Å². The van der Waals surface area contributed by atoms with Crippen LogP contribution in [0, 0.1) is 0 Å². The largest absolute Gasteiger partial charge is 0.357 e. The highest BCUT2D eigenvalue weighted by molar-refractivity contribution is 7.89. The van der Waals surface area contributed by atoms with E-state index in [1.165, 1.54) is 4.31 Å². The van der Waals surface area contributed by atoms with Crippen LogP contribution >= 0.6 is 0 Å². The van der Waals surface area contributed by atoms with E-state index in [4.69, 9.17) is 0 Å². The SMILES string of the molecule is CCN(CC)S(=O)(=O)c1ccc(CNC(=O)c2ccc[nH]2)cc1. The molecule has 1 aromatic heterocycles. The van der Waals surface area contributed by atoms with Gasteiger partial charge in [-0.2, -0.15) is 4.31 Å². The molecule has 0 aliphatic carbocycles. The molecule has 0 aliphatic rings. The normalized spacial score (nSPS) is 11.6. The molecule has 2 N–H and O–H groups in total. The first-order valence-corrected chi connectivity index (χ1v) is 8.93. The molecule has 7 heteroatoms. The zero-order valence-electron chi connectivity index (χ0n) is 13.2. The number of sulfonamides is 1. The van der Waals surface area contributed by atoms with Crippen LogP contribution in [0.2, 0.25) is 0 Å². The first-order chi connectivity index (χ1) is 11.0. The smallest absolute Gasteiger partial charge is 0.267 e. The van der Waals surface area contributed by atoms with Gasteiger partial charge in [0.2, 0.25) is 10.0 Å². The Morgan fingerprint density at radius 1 is 1.13 bits per heavy atom. The average Bonchev–Trinajstić information content (AvgIpc) is 3.08. The Morgan fingerprint density at radius 3 is 2.30 bits per heavy atom. The van der Waals surface area contributed by atoms with E-state index in [0.29, 0.717) is 25.3 Å². The molecule has 2 rings (SSSR count). The Labute approximate surface area is 136 Å². The number of H-pyrrole nitrogens is 1. The summed E-state index contributed by atoms with van der Waals surface area (Å²) in [5.74, 6) is -0.199. The number of aromatic amines is 1. The monoisotopic (exact) mass is 335 g/mol. The van der Waals surface area contributed by atoms with Gasteiger partial charge in [0.25, 0.3) is 5.91 Å². The van der Waals surface area contributed by atoms with Crippen LogP contribution in [0.5, 0.6) is 0 Å². The summed E-state index contributed by atoms with van der Waals surface area (Å²) in [5, 5.41) is 2.77. The number of rotatable bonds is 7. The lowest BCUT2D eigenvalue weighted by Gasteiger charge is -2.18. The highest BCUT2D eigenvalue weighted by Crippen LogP contribution is 2.16. The molecule has 0 saturated heterocycles. The molecule has 1 amide bonds. The maximum atomic E-state index is 12.4. The molecular formula is C16H21N3O3S. The van der Waals surface area contributed by atoms with Crippen molar-refractivity contribution in [3.8, 4) is 0 Å². The maximum Gasteiger partial charge on any atom is 0.267 e. The third-order valence-corrected chi connectivity index (χ3v) is 5.63. The molecule has 0 radical (unpaired) electrons. The number of hydrogen-bond acceptors (Lipinski definition) is 3. The lowest BCUT2D eigenvalue weighted by Crippen LogP contribution is -2.30. The van der Waals surface area contributed by atoms with Crippen LogP contribution in [0.1, 0.15) is 29.9 Å². The number of nitrogens with one attached hydrogen (secondary N) is 2. The van der Waals surface area contributed by atoms with E-state index in [0.717, 1.165) is 5.56 Å². The molecule has 1 aromatic carbocycles. The van der Waals surface area contributed by atoms with Crippen molar-refractivity contribution in [3.63, 3.8) is 0 Å². The summed E-state index contributed by atoms with van der Waals surface area (Å²) in [6.45, 7) is 4.83. The fourth-order valence-corrected chi connectivity index (χ4v) is 3.70. The summed E-state index contributed by atoms with van der Waals surface area (Å²) in [7, 11) is -3.44. The first kappa shape index (κ1) is 17.2. The van der Waals surface area contributed by atoms with E-state index in [1.54, 1.807) is 42.6 Å². The summed E-state index contributed by atoms with van der Waals surface area (Å²) < 4.78 is 26.2. The van der Waals surface area contributed by atoms with Crippen molar-refractivity contribution >= 4 is 15.9 Å². The van der Waals surface area contributed by atoms with E-state index >= 15 is 0 Å². The van der Waals surface area contributed by atoms with E-state index in [2.05, 4.69) is 10.3 Å². The quantitative estimate of drug-likeness (QED) is 0.811. The van der Waals surface area contributed by atoms with Crippen molar-refractivity contribution in [2.24, 2.45) is 0 Å². The lowest BCUT2D eigenvalue weighted by atomic mass is 10.2. The summed E-state index contributed by atoms with van der Waals surface area (Å²) in [6, 6.07) is 10.0. The predicted octanol–water partition coefficient (Wildman–Crippen LogP) is 1.98. The maximum absolute atomic E-state index is 12.4. The zero-order valence-corrected chi connectivity index (χ0v) is 14.1. The second kappa shape index (κ2) is 7.43. The molecule has 0 saturated carbocycles. The van der Waals surface area contributed by atoms with Gasteiger partial charge in [0.05, 0.1) is 4.90 Å². The Hall–Kier alpha value is -2.12. The minimum Gasteiger partial charge on any atom is -0.357 e. The van der Waals surface area contributed by atoms with Crippen LogP contribution in [0.15, 0.2) is 47.5 Å². The van der Waals surface area contributed by atoms with Crippen molar-refractivity contribution in [2.45, 2.75) is 25.3 Å². The van der Waals surface area contributed by atoms with Crippen molar-refractivity contribution in [1.82, 2.24) is 14.6 Å². The number of aromatic nitrogens is 1. The minimum absolute atomic E-state index is 0.199. The molecule has 0 fully saturated rings. The topological polar surface area (TPSA) is 82.3 Å². The van der Waals surface area contributed by atoms with Crippen LogP contribution in [0.4, 0.5) is 0 Å². The molecule has 23 heavy (non-hydrogen) atoms. The molecule has 124 valence electrons. The van der Waals surface area contributed by atoms with Gasteiger partial charge < -0.3 is 10.3 Å². The standard InChI is InChI=1S/C16H21N3O3S/c1-3-19(4-2)23(21,22)14-9-7-13(8-10-14)12-18-16(20)15-6-5-11-17-15/h5-11,17H,3-4,12H2,1-2H3,(H,18,20).